The van der Waals surface area contributed by atoms with Crippen molar-refractivity contribution in [2.45, 2.75) is 18.6 Å². The minimum Gasteiger partial charge on any atom is -0.361 e. The van der Waals surface area contributed by atoms with Crippen LogP contribution in [0.2, 0.25) is 0 Å². The Morgan fingerprint density at radius 1 is 0.900 bits per heavy atom. The molecule has 1 aliphatic heterocycles. The van der Waals surface area contributed by atoms with E-state index in [0.717, 1.165) is 11.8 Å². The third-order valence-corrected chi connectivity index (χ3v) is 2.55. The fourth-order valence-corrected chi connectivity index (χ4v) is 1.63. The summed E-state index contributed by atoms with van der Waals surface area (Å²) in [6, 6.07) is 0. The third kappa shape index (κ3) is 0.671. The minimum atomic E-state index is 0.429. The van der Waals surface area contributed by atoms with Crippen molar-refractivity contribution in [1.82, 2.24) is 0 Å². The Hall–Kier alpha value is -0.560. The van der Waals surface area contributed by atoms with Crippen molar-refractivity contribution in [3.63, 3.8) is 0 Å². The van der Waals surface area contributed by atoms with Crippen LogP contribution in [0, 0.1) is 11.8 Å². The summed E-state index contributed by atoms with van der Waals surface area (Å²) in [6.07, 6.45) is 11.3. The van der Waals surface area contributed by atoms with Crippen LogP contribution in [0.15, 0.2) is 24.3 Å². The molecule has 1 saturated heterocycles. The Morgan fingerprint density at radius 2 is 1.50 bits per heavy atom. The summed E-state index contributed by atoms with van der Waals surface area (Å²) in [4.78, 5) is 0. The quantitative estimate of drug-likeness (QED) is 0.361. The maximum Gasteiger partial charge on any atom is 0.106 e. The fourth-order valence-electron chi connectivity index (χ4n) is 1.63. The van der Waals surface area contributed by atoms with Gasteiger partial charge in [0.1, 0.15) is 12.2 Å². The predicted molar refractivity (Wildman–Crippen MR) is 38.5 cm³/mol. The molecule has 10 heavy (non-hydrogen) atoms. The van der Waals surface area contributed by atoms with E-state index in [1.54, 1.807) is 0 Å². The van der Waals surface area contributed by atoms with Crippen LogP contribution in [0.25, 0.3) is 0 Å². The summed E-state index contributed by atoms with van der Waals surface area (Å²) in [5, 5.41) is 0. The van der Waals surface area contributed by atoms with Gasteiger partial charge in [0.2, 0.25) is 0 Å². The summed E-state index contributed by atoms with van der Waals surface area (Å²) in [7, 11) is 0. The van der Waals surface area contributed by atoms with E-state index in [-0.39, 0.29) is 0 Å². The largest absolute Gasteiger partial charge is 0.361 e. The predicted octanol–water partition coefficient (Wildman–Crippen LogP) is 1.52. The summed E-state index contributed by atoms with van der Waals surface area (Å²) in [6.45, 7) is 0. The molecule has 0 aromatic carbocycles. The lowest BCUT2D eigenvalue weighted by Crippen LogP contribution is -1.88. The van der Waals surface area contributed by atoms with E-state index in [1.807, 2.05) is 0 Å². The monoisotopic (exact) mass is 134 g/mol. The number of fused-ring (bicyclic) bond motifs is 2. The molecule has 4 atom stereocenters. The Morgan fingerprint density at radius 3 is 2.10 bits per heavy atom. The smallest absolute Gasteiger partial charge is 0.106 e. The molecule has 0 aromatic heterocycles. The first-order valence-electron chi connectivity index (χ1n) is 3.95. The second-order valence-electron chi connectivity index (χ2n) is 3.40. The van der Waals surface area contributed by atoms with Gasteiger partial charge < -0.3 is 4.74 Å². The Bertz CT molecular complexity index is 173. The average Bonchev–Trinajstić information content (AvgIpc) is 2.70. The van der Waals surface area contributed by atoms with E-state index in [4.69, 9.17) is 4.74 Å². The average molecular weight is 134 g/mol. The SMILES string of the molecule is C1=C[C@H]2C[C@@H]2C=C[C@H]2O[C@@H]12. The first kappa shape index (κ1) is 5.14. The maximum atomic E-state index is 5.33. The molecule has 1 heterocycles. The van der Waals surface area contributed by atoms with Crippen molar-refractivity contribution < 1.29 is 4.74 Å². The van der Waals surface area contributed by atoms with Crippen molar-refractivity contribution in [3.05, 3.63) is 24.3 Å². The molecule has 3 aliphatic rings. The first-order chi connectivity index (χ1) is 4.93. The number of epoxide rings is 1. The molecule has 0 unspecified atom stereocenters. The highest BCUT2D eigenvalue weighted by Gasteiger charge is 2.40. The highest BCUT2D eigenvalue weighted by atomic mass is 16.6. The van der Waals surface area contributed by atoms with Gasteiger partial charge in [-0.05, 0) is 18.3 Å². The molecule has 3 rings (SSSR count). The number of allylic oxidation sites excluding steroid dienone is 2. The van der Waals surface area contributed by atoms with Crippen LogP contribution in [-0.2, 0) is 4.74 Å². The molecule has 0 spiro atoms. The molecule has 52 valence electrons. The maximum absolute atomic E-state index is 5.33. The molecule has 2 aliphatic carbocycles. The van der Waals surface area contributed by atoms with Crippen LogP contribution in [0.4, 0.5) is 0 Å². The fraction of sp³-hybridized carbons (Fsp3) is 0.556. The number of ether oxygens (including phenoxy) is 1. The van der Waals surface area contributed by atoms with Gasteiger partial charge in [-0.2, -0.15) is 0 Å². The molecule has 2 fully saturated rings. The van der Waals surface area contributed by atoms with Gasteiger partial charge in [-0.25, -0.2) is 0 Å². The van der Waals surface area contributed by atoms with Crippen LogP contribution in [-0.4, -0.2) is 12.2 Å². The van der Waals surface area contributed by atoms with Crippen LogP contribution in [0.3, 0.4) is 0 Å². The minimum absolute atomic E-state index is 0.429. The number of hydrogen-bond donors (Lipinski definition) is 0. The van der Waals surface area contributed by atoms with Gasteiger partial charge >= 0.3 is 0 Å². The van der Waals surface area contributed by atoms with Crippen molar-refractivity contribution >= 4 is 0 Å². The van der Waals surface area contributed by atoms with Crippen molar-refractivity contribution in [3.8, 4) is 0 Å². The summed E-state index contributed by atoms with van der Waals surface area (Å²) >= 11 is 0. The van der Waals surface area contributed by atoms with Crippen molar-refractivity contribution in [1.29, 1.82) is 0 Å². The topological polar surface area (TPSA) is 12.5 Å². The van der Waals surface area contributed by atoms with E-state index in [2.05, 4.69) is 24.3 Å². The summed E-state index contributed by atoms with van der Waals surface area (Å²) in [5.41, 5.74) is 0. The van der Waals surface area contributed by atoms with E-state index < -0.39 is 0 Å². The van der Waals surface area contributed by atoms with Gasteiger partial charge in [0.15, 0.2) is 0 Å². The zero-order chi connectivity index (χ0) is 6.55. The molecule has 1 heteroatoms. The normalized spacial score (nSPS) is 54.4. The summed E-state index contributed by atoms with van der Waals surface area (Å²) < 4.78 is 5.33. The van der Waals surface area contributed by atoms with E-state index in [9.17, 15) is 0 Å². The van der Waals surface area contributed by atoms with Crippen molar-refractivity contribution in [2.24, 2.45) is 11.8 Å². The molecule has 0 N–H and O–H groups in total. The zero-order valence-electron chi connectivity index (χ0n) is 5.73. The van der Waals surface area contributed by atoms with Crippen molar-refractivity contribution in [2.75, 3.05) is 0 Å². The zero-order valence-corrected chi connectivity index (χ0v) is 5.73. The lowest BCUT2D eigenvalue weighted by atomic mass is 10.1. The van der Waals surface area contributed by atoms with Gasteiger partial charge in [-0.1, -0.05) is 24.3 Å². The Balaban J connectivity index is 1.89. The molecule has 1 saturated carbocycles. The van der Waals surface area contributed by atoms with Crippen LogP contribution in [0.1, 0.15) is 6.42 Å². The number of rotatable bonds is 0. The molecule has 0 aromatic rings. The highest BCUT2D eigenvalue weighted by Crippen LogP contribution is 2.43. The van der Waals surface area contributed by atoms with E-state index >= 15 is 0 Å². The highest BCUT2D eigenvalue weighted by molar-refractivity contribution is 5.21. The van der Waals surface area contributed by atoms with E-state index in [1.165, 1.54) is 6.42 Å². The first-order valence-corrected chi connectivity index (χ1v) is 3.95. The number of hydrogen-bond acceptors (Lipinski definition) is 1. The van der Waals surface area contributed by atoms with Gasteiger partial charge in [-0.3, -0.25) is 0 Å². The lowest BCUT2D eigenvalue weighted by molar-refractivity contribution is 0.413. The second kappa shape index (κ2) is 1.54. The van der Waals surface area contributed by atoms with E-state index in [0.29, 0.717) is 12.2 Å². The molecular formula is C9H10O. The molecule has 1 nitrogen and oxygen atoms in total. The second-order valence-corrected chi connectivity index (χ2v) is 3.40. The molecular weight excluding hydrogens is 124 g/mol. The standard InChI is InChI=1S/C9H10O/c1-3-8-9(10-8)4-2-7-5-6(1)7/h1-4,6-9H,5H2/t6-,7-,8-,9+/m0/s1. The molecule has 0 radical (unpaired) electrons. The van der Waals surface area contributed by atoms with Gasteiger partial charge in [-0.15, -0.1) is 0 Å². The Labute approximate surface area is 60.4 Å². The van der Waals surface area contributed by atoms with Gasteiger partial charge in [0.05, 0.1) is 0 Å². The lowest BCUT2D eigenvalue weighted by Gasteiger charge is -1.87. The van der Waals surface area contributed by atoms with Gasteiger partial charge in [0, 0.05) is 0 Å². The molecule has 0 bridgehead atoms. The van der Waals surface area contributed by atoms with Gasteiger partial charge in [0.25, 0.3) is 0 Å². The van der Waals surface area contributed by atoms with Crippen LogP contribution >= 0.6 is 0 Å². The molecule has 0 amide bonds. The third-order valence-electron chi connectivity index (χ3n) is 2.55. The van der Waals surface area contributed by atoms with Crippen LogP contribution in [0.5, 0.6) is 0 Å². The van der Waals surface area contributed by atoms with Crippen LogP contribution < -0.4 is 0 Å². The Kier molecular flexibility index (Phi) is 0.789. The summed E-state index contributed by atoms with van der Waals surface area (Å²) in [5.74, 6) is 1.70.